The highest BCUT2D eigenvalue weighted by molar-refractivity contribution is 7.89. The van der Waals surface area contributed by atoms with E-state index in [0.717, 1.165) is 59.0 Å². The molecule has 1 saturated carbocycles. The topological polar surface area (TPSA) is 70.6 Å². The fourth-order valence-corrected chi connectivity index (χ4v) is 7.63. The predicted octanol–water partition coefficient (Wildman–Crippen LogP) is 6.71. The Hall–Kier alpha value is -3.07. The van der Waals surface area contributed by atoms with Crippen LogP contribution < -0.4 is 4.90 Å². The Balaban J connectivity index is 1.46. The van der Waals surface area contributed by atoms with E-state index in [4.69, 9.17) is 4.98 Å². The normalized spacial score (nSPS) is 14.7. The summed E-state index contributed by atoms with van der Waals surface area (Å²) >= 11 is 1.50. The van der Waals surface area contributed by atoms with Gasteiger partial charge < -0.3 is 0 Å². The number of aryl methyl sites for hydroxylation is 2. The zero-order valence-electron chi connectivity index (χ0n) is 22.1. The van der Waals surface area contributed by atoms with Crippen LogP contribution in [0.25, 0.3) is 10.2 Å². The summed E-state index contributed by atoms with van der Waals surface area (Å²) in [5.74, 6) is -0.216. The van der Waals surface area contributed by atoms with Crippen LogP contribution in [0.1, 0.15) is 59.2 Å². The summed E-state index contributed by atoms with van der Waals surface area (Å²) in [7, 11) is -1.96. The molecule has 0 aliphatic heterocycles. The summed E-state index contributed by atoms with van der Waals surface area (Å²) < 4.78 is 29.1. The van der Waals surface area contributed by atoms with Gasteiger partial charge in [-0.2, -0.15) is 4.31 Å². The van der Waals surface area contributed by atoms with E-state index >= 15 is 0 Å². The van der Waals surface area contributed by atoms with Gasteiger partial charge in [0.2, 0.25) is 10.0 Å². The van der Waals surface area contributed by atoms with Gasteiger partial charge in [0.25, 0.3) is 5.91 Å². The van der Waals surface area contributed by atoms with Crippen molar-refractivity contribution in [3.8, 4) is 0 Å². The summed E-state index contributed by atoms with van der Waals surface area (Å²) in [5, 5.41) is 0.622. The van der Waals surface area contributed by atoms with E-state index in [-0.39, 0.29) is 16.8 Å². The third-order valence-corrected chi connectivity index (χ3v) is 10.5. The highest BCUT2D eigenvalue weighted by Crippen LogP contribution is 2.34. The number of aromatic nitrogens is 1. The first-order valence-corrected chi connectivity index (χ1v) is 15.3. The van der Waals surface area contributed by atoms with Crippen molar-refractivity contribution in [1.82, 2.24) is 9.29 Å². The standard InChI is InChI=1S/C30H33N3O3S2/c1-21-18-22(2)28-27(19-21)31-30(37-28)33(20-23-10-6-4-7-11-23)29(34)24-14-16-26(17-15-24)38(35,36)32(3)25-12-8-5-9-13-25/h4,6-7,10-11,14-19,25H,5,8-9,12-13,20H2,1-3H3. The highest BCUT2D eigenvalue weighted by atomic mass is 32.2. The SMILES string of the molecule is Cc1cc(C)c2sc(N(Cc3ccccc3)C(=O)c3ccc(S(=O)(=O)N(C)C4CCCCC4)cc3)nc2c1. The quantitative estimate of drug-likeness (QED) is 0.258. The number of fused-ring (bicyclic) bond motifs is 1. The van der Waals surface area contributed by atoms with Gasteiger partial charge in [0, 0.05) is 18.7 Å². The van der Waals surface area contributed by atoms with E-state index in [2.05, 4.69) is 13.0 Å². The lowest BCUT2D eigenvalue weighted by molar-refractivity contribution is 0.0985. The van der Waals surface area contributed by atoms with Crippen molar-refractivity contribution in [2.75, 3.05) is 11.9 Å². The van der Waals surface area contributed by atoms with Gasteiger partial charge in [-0.15, -0.1) is 0 Å². The van der Waals surface area contributed by atoms with Crippen molar-refractivity contribution < 1.29 is 13.2 Å². The van der Waals surface area contributed by atoms with Crippen molar-refractivity contribution in [3.63, 3.8) is 0 Å². The number of nitrogens with zero attached hydrogens (tertiary/aromatic N) is 3. The molecule has 6 nitrogen and oxygen atoms in total. The predicted molar refractivity (Wildman–Crippen MR) is 154 cm³/mol. The summed E-state index contributed by atoms with van der Waals surface area (Å²) in [5.41, 5.74) is 4.55. The van der Waals surface area contributed by atoms with Crippen LogP contribution in [0.4, 0.5) is 5.13 Å². The molecule has 1 fully saturated rings. The minimum atomic E-state index is -3.63. The molecule has 5 rings (SSSR count). The van der Waals surface area contributed by atoms with Gasteiger partial charge in [-0.05, 0) is 73.7 Å². The Morgan fingerprint density at radius 2 is 1.66 bits per heavy atom. The Kier molecular flexibility index (Phi) is 7.66. The Labute approximate surface area is 229 Å². The molecule has 38 heavy (non-hydrogen) atoms. The van der Waals surface area contributed by atoms with E-state index in [1.54, 1.807) is 36.2 Å². The molecule has 0 atom stereocenters. The smallest absolute Gasteiger partial charge is 0.260 e. The fourth-order valence-electron chi connectivity index (χ4n) is 5.21. The molecule has 1 amide bonds. The number of thiazole rings is 1. The van der Waals surface area contributed by atoms with Gasteiger partial charge in [0.1, 0.15) is 0 Å². The number of sulfonamides is 1. The van der Waals surface area contributed by atoms with E-state index in [1.807, 2.05) is 43.3 Å². The molecule has 0 spiro atoms. The molecule has 0 N–H and O–H groups in total. The molecule has 0 bridgehead atoms. The fraction of sp³-hybridized carbons (Fsp3) is 0.333. The lowest BCUT2D eigenvalue weighted by atomic mass is 9.96. The van der Waals surface area contributed by atoms with E-state index < -0.39 is 10.0 Å². The van der Waals surface area contributed by atoms with E-state index in [1.165, 1.54) is 15.6 Å². The molecule has 1 aromatic heterocycles. The van der Waals surface area contributed by atoms with Crippen molar-refractivity contribution in [2.45, 2.75) is 63.4 Å². The second kappa shape index (κ2) is 11.0. The molecule has 8 heteroatoms. The monoisotopic (exact) mass is 547 g/mol. The van der Waals surface area contributed by atoms with Gasteiger partial charge in [0.15, 0.2) is 5.13 Å². The largest absolute Gasteiger partial charge is 0.279 e. The third kappa shape index (κ3) is 5.39. The molecule has 4 aromatic rings. The minimum Gasteiger partial charge on any atom is -0.279 e. The molecule has 1 aliphatic carbocycles. The maximum atomic E-state index is 13.9. The summed E-state index contributed by atoms with van der Waals surface area (Å²) in [6.45, 7) is 4.46. The van der Waals surface area contributed by atoms with Crippen LogP contribution in [0.5, 0.6) is 0 Å². The van der Waals surface area contributed by atoms with Crippen molar-refractivity contribution in [3.05, 3.63) is 89.0 Å². The minimum absolute atomic E-state index is 0.0301. The second-order valence-corrected chi connectivity index (χ2v) is 13.1. The molecule has 0 radical (unpaired) electrons. The highest BCUT2D eigenvalue weighted by Gasteiger charge is 2.29. The number of benzene rings is 3. The number of amides is 1. The summed E-state index contributed by atoms with van der Waals surface area (Å²) in [4.78, 5) is 20.6. The molecule has 198 valence electrons. The van der Waals surface area contributed by atoms with Crippen LogP contribution in [-0.2, 0) is 16.6 Å². The first-order chi connectivity index (χ1) is 18.2. The summed E-state index contributed by atoms with van der Waals surface area (Å²) in [6.07, 6.45) is 5.05. The first kappa shape index (κ1) is 26.5. The van der Waals surface area contributed by atoms with Gasteiger partial charge in [-0.1, -0.05) is 67.0 Å². The Bertz CT molecular complexity index is 1540. The van der Waals surface area contributed by atoms with Gasteiger partial charge in [0.05, 0.1) is 21.7 Å². The zero-order valence-corrected chi connectivity index (χ0v) is 23.7. The van der Waals surface area contributed by atoms with Gasteiger partial charge in [-0.3, -0.25) is 9.69 Å². The lowest BCUT2D eigenvalue weighted by Crippen LogP contribution is -2.38. The zero-order chi connectivity index (χ0) is 26.9. The summed E-state index contributed by atoms with van der Waals surface area (Å²) in [6, 6.07) is 20.3. The maximum Gasteiger partial charge on any atom is 0.260 e. The Morgan fingerprint density at radius 1 is 0.974 bits per heavy atom. The van der Waals surface area contributed by atoms with Crippen molar-refractivity contribution >= 4 is 42.6 Å². The van der Waals surface area contributed by atoms with E-state index in [0.29, 0.717) is 17.2 Å². The number of carbonyl (C=O) groups is 1. The number of hydrogen-bond acceptors (Lipinski definition) is 5. The maximum absolute atomic E-state index is 13.9. The van der Waals surface area contributed by atoms with E-state index in [9.17, 15) is 13.2 Å². The van der Waals surface area contributed by atoms with Crippen LogP contribution in [0.2, 0.25) is 0 Å². The molecular weight excluding hydrogens is 514 g/mol. The number of anilines is 1. The molecular formula is C30H33N3O3S2. The average molecular weight is 548 g/mol. The van der Waals surface area contributed by atoms with Crippen LogP contribution >= 0.6 is 11.3 Å². The van der Waals surface area contributed by atoms with Crippen LogP contribution in [0.3, 0.4) is 0 Å². The lowest BCUT2D eigenvalue weighted by Gasteiger charge is -2.30. The average Bonchev–Trinajstić information content (AvgIpc) is 3.36. The molecule has 0 saturated heterocycles. The molecule has 1 aliphatic rings. The Morgan fingerprint density at radius 3 is 2.34 bits per heavy atom. The van der Waals surface area contributed by atoms with Gasteiger partial charge >= 0.3 is 0 Å². The van der Waals surface area contributed by atoms with Crippen LogP contribution in [0.15, 0.2) is 71.6 Å². The van der Waals surface area contributed by atoms with Crippen LogP contribution in [-0.4, -0.2) is 36.7 Å². The van der Waals surface area contributed by atoms with Crippen LogP contribution in [0, 0.1) is 13.8 Å². The van der Waals surface area contributed by atoms with Crippen molar-refractivity contribution in [2.24, 2.45) is 0 Å². The molecule has 1 heterocycles. The van der Waals surface area contributed by atoms with Gasteiger partial charge in [-0.25, -0.2) is 13.4 Å². The number of carbonyl (C=O) groups excluding carboxylic acids is 1. The number of rotatable bonds is 7. The second-order valence-electron chi connectivity index (χ2n) is 10.1. The third-order valence-electron chi connectivity index (χ3n) is 7.34. The number of hydrogen-bond donors (Lipinski definition) is 0. The van der Waals surface area contributed by atoms with Crippen molar-refractivity contribution in [1.29, 1.82) is 0 Å². The first-order valence-electron chi connectivity index (χ1n) is 13.1. The molecule has 3 aromatic carbocycles. The molecule has 0 unspecified atom stereocenters.